The number of hydrogen-bond acceptors (Lipinski definition) is 3. The van der Waals surface area contributed by atoms with Crippen molar-refractivity contribution >= 4 is 18.3 Å². The molecule has 5 heteroatoms. The number of carbonyl (C=O) groups excluding carboxylic acids is 1. The Morgan fingerprint density at radius 2 is 2.12 bits per heavy atom. The second-order valence-electron chi connectivity index (χ2n) is 6.99. The molecule has 2 aliphatic rings. The van der Waals surface area contributed by atoms with E-state index in [-0.39, 0.29) is 17.8 Å². The summed E-state index contributed by atoms with van der Waals surface area (Å²) in [5.41, 5.74) is 1.03. The van der Waals surface area contributed by atoms with Gasteiger partial charge in [-0.05, 0) is 30.9 Å². The summed E-state index contributed by atoms with van der Waals surface area (Å²) in [5, 5.41) is 3.45. The molecule has 0 aromatic heterocycles. The lowest BCUT2D eigenvalue weighted by atomic mass is 9.67. The third-order valence-electron chi connectivity index (χ3n) is 5.49. The Morgan fingerprint density at radius 3 is 2.92 bits per heavy atom. The molecule has 1 heterocycles. The molecule has 1 aromatic rings. The number of amides is 1. The Morgan fingerprint density at radius 1 is 1.33 bits per heavy atom. The van der Waals surface area contributed by atoms with Crippen molar-refractivity contribution in [3.05, 3.63) is 35.9 Å². The van der Waals surface area contributed by atoms with Crippen molar-refractivity contribution in [3.8, 4) is 0 Å². The highest BCUT2D eigenvalue weighted by molar-refractivity contribution is 5.85. The lowest BCUT2D eigenvalue weighted by Gasteiger charge is -2.39. The van der Waals surface area contributed by atoms with Gasteiger partial charge in [0.1, 0.15) is 0 Å². The van der Waals surface area contributed by atoms with E-state index in [0.717, 1.165) is 19.5 Å². The van der Waals surface area contributed by atoms with E-state index in [1.807, 2.05) is 30.1 Å². The fourth-order valence-electron chi connectivity index (χ4n) is 4.12. The summed E-state index contributed by atoms with van der Waals surface area (Å²) < 4.78 is 5.73. The zero-order valence-corrected chi connectivity index (χ0v) is 15.3. The minimum Gasteiger partial charge on any atom is -0.375 e. The summed E-state index contributed by atoms with van der Waals surface area (Å²) in [6.45, 7) is 3.72. The second-order valence-corrected chi connectivity index (χ2v) is 6.99. The zero-order valence-electron chi connectivity index (χ0n) is 14.5. The highest BCUT2D eigenvalue weighted by Crippen LogP contribution is 2.44. The van der Waals surface area contributed by atoms with E-state index in [1.165, 1.54) is 24.8 Å². The fraction of sp³-hybridized carbons (Fsp3) is 0.632. The monoisotopic (exact) mass is 352 g/mol. The van der Waals surface area contributed by atoms with Crippen molar-refractivity contribution in [3.63, 3.8) is 0 Å². The smallest absolute Gasteiger partial charge is 0.230 e. The van der Waals surface area contributed by atoms with Crippen molar-refractivity contribution in [1.29, 1.82) is 0 Å². The normalized spacial score (nSPS) is 25.6. The van der Waals surface area contributed by atoms with Gasteiger partial charge in [0.15, 0.2) is 0 Å². The fourth-order valence-corrected chi connectivity index (χ4v) is 4.12. The van der Waals surface area contributed by atoms with E-state index >= 15 is 0 Å². The van der Waals surface area contributed by atoms with Gasteiger partial charge in [0.05, 0.1) is 18.6 Å². The predicted molar refractivity (Wildman–Crippen MR) is 98.2 cm³/mol. The van der Waals surface area contributed by atoms with Crippen LogP contribution < -0.4 is 5.32 Å². The van der Waals surface area contributed by atoms with Crippen LogP contribution in [0, 0.1) is 11.3 Å². The number of carbonyl (C=O) groups is 1. The molecule has 1 aromatic carbocycles. The Hall–Kier alpha value is -1.10. The number of benzene rings is 1. The first kappa shape index (κ1) is 19.2. The molecule has 0 radical (unpaired) electrons. The number of ether oxygens (including phenoxy) is 1. The van der Waals surface area contributed by atoms with Gasteiger partial charge in [-0.3, -0.25) is 4.79 Å². The Labute approximate surface area is 151 Å². The van der Waals surface area contributed by atoms with Crippen LogP contribution in [0.15, 0.2) is 30.3 Å². The molecule has 1 saturated heterocycles. The number of fused-ring (bicyclic) bond motifs is 1. The van der Waals surface area contributed by atoms with E-state index in [4.69, 9.17) is 4.74 Å². The van der Waals surface area contributed by atoms with Crippen molar-refractivity contribution in [2.75, 3.05) is 33.3 Å². The lowest BCUT2D eigenvalue weighted by Crippen LogP contribution is -2.49. The number of nitrogens with zero attached hydrogens (tertiary/aromatic N) is 1. The summed E-state index contributed by atoms with van der Waals surface area (Å²) in [6.07, 6.45) is 4.68. The molecule has 0 spiro atoms. The minimum atomic E-state index is -0.146. The van der Waals surface area contributed by atoms with Crippen LogP contribution in [-0.2, 0) is 16.1 Å². The largest absolute Gasteiger partial charge is 0.375 e. The second kappa shape index (κ2) is 8.84. The number of rotatable bonds is 6. The Bertz CT molecular complexity index is 525. The molecule has 1 aliphatic heterocycles. The van der Waals surface area contributed by atoms with E-state index in [0.29, 0.717) is 31.6 Å². The van der Waals surface area contributed by atoms with Gasteiger partial charge in [0.25, 0.3) is 0 Å². The SMILES string of the molecule is CN(CCOCc1ccccc1)C(=O)[C@@]12CCCC[C@H]1CNC2.Cl. The maximum absolute atomic E-state index is 13.0. The molecule has 4 nitrogen and oxygen atoms in total. The Kier molecular flexibility index (Phi) is 7.08. The average Bonchev–Trinajstić information content (AvgIpc) is 3.04. The maximum Gasteiger partial charge on any atom is 0.230 e. The van der Waals surface area contributed by atoms with Crippen LogP contribution in [0.5, 0.6) is 0 Å². The number of likely N-dealkylation sites (N-methyl/N-ethyl adjacent to an activating group) is 1. The van der Waals surface area contributed by atoms with Gasteiger partial charge in [-0.2, -0.15) is 0 Å². The van der Waals surface area contributed by atoms with Crippen LogP contribution in [0.4, 0.5) is 0 Å². The molecule has 1 aliphatic carbocycles. The van der Waals surface area contributed by atoms with Crippen molar-refractivity contribution in [2.24, 2.45) is 11.3 Å². The van der Waals surface area contributed by atoms with Crippen molar-refractivity contribution in [1.82, 2.24) is 10.2 Å². The molecule has 0 bridgehead atoms. The van der Waals surface area contributed by atoms with Crippen LogP contribution in [0.1, 0.15) is 31.2 Å². The van der Waals surface area contributed by atoms with Crippen molar-refractivity contribution < 1.29 is 9.53 Å². The molecular formula is C19H29ClN2O2. The van der Waals surface area contributed by atoms with Gasteiger partial charge in [-0.25, -0.2) is 0 Å². The first-order chi connectivity index (χ1) is 11.2. The maximum atomic E-state index is 13.0. The van der Waals surface area contributed by atoms with Crippen molar-refractivity contribution in [2.45, 2.75) is 32.3 Å². The predicted octanol–water partition coefficient (Wildman–Crippen LogP) is 2.86. The standard InChI is InChI=1S/C19H28N2O2.ClH/c1-21(11-12-23-14-16-7-3-2-4-8-16)18(22)19-10-6-5-9-17(19)13-20-15-19;/h2-4,7-8,17,20H,5-6,9-15H2,1H3;1H/t17-,19+;/m0./s1. The molecule has 1 amide bonds. The molecular weight excluding hydrogens is 324 g/mol. The number of halogens is 1. The number of hydrogen-bond donors (Lipinski definition) is 1. The molecule has 1 saturated carbocycles. The van der Waals surface area contributed by atoms with E-state index in [1.54, 1.807) is 0 Å². The zero-order chi connectivity index (χ0) is 16.1. The molecule has 134 valence electrons. The topological polar surface area (TPSA) is 41.6 Å². The first-order valence-corrected chi connectivity index (χ1v) is 8.80. The van der Waals surface area contributed by atoms with E-state index < -0.39 is 0 Å². The molecule has 2 atom stereocenters. The molecule has 2 fully saturated rings. The van der Waals surface area contributed by atoms with Gasteiger partial charge >= 0.3 is 0 Å². The van der Waals surface area contributed by atoms with E-state index in [9.17, 15) is 4.79 Å². The lowest BCUT2D eigenvalue weighted by molar-refractivity contribution is -0.144. The third kappa shape index (κ3) is 4.11. The molecule has 24 heavy (non-hydrogen) atoms. The molecule has 0 unspecified atom stereocenters. The van der Waals surface area contributed by atoms with Crippen LogP contribution >= 0.6 is 12.4 Å². The van der Waals surface area contributed by atoms with Crippen LogP contribution in [-0.4, -0.2) is 44.1 Å². The summed E-state index contributed by atoms with van der Waals surface area (Å²) in [4.78, 5) is 14.9. The molecule has 1 N–H and O–H groups in total. The van der Waals surface area contributed by atoms with Gasteiger partial charge < -0.3 is 15.0 Å². The average molecular weight is 353 g/mol. The summed E-state index contributed by atoms with van der Waals surface area (Å²) >= 11 is 0. The van der Waals surface area contributed by atoms with Gasteiger partial charge in [-0.15, -0.1) is 12.4 Å². The summed E-state index contributed by atoms with van der Waals surface area (Å²) in [7, 11) is 1.92. The van der Waals surface area contributed by atoms with E-state index in [2.05, 4.69) is 17.4 Å². The Balaban J connectivity index is 0.00000208. The molecule has 3 rings (SSSR count). The first-order valence-electron chi connectivity index (χ1n) is 8.80. The highest BCUT2D eigenvalue weighted by atomic mass is 35.5. The van der Waals surface area contributed by atoms with Gasteiger partial charge in [-0.1, -0.05) is 43.2 Å². The highest BCUT2D eigenvalue weighted by Gasteiger charge is 2.50. The van der Waals surface area contributed by atoms with Crippen LogP contribution in [0.25, 0.3) is 0 Å². The number of nitrogens with one attached hydrogen (secondary N) is 1. The summed E-state index contributed by atoms with van der Waals surface area (Å²) in [6, 6.07) is 10.2. The third-order valence-corrected chi connectivity index (χ3v) is 5.49. The summed E-state index contributed by atoms with van der Waals surface area (Å²) in [5.74, 6) is 0.840. The van der Waals surface area contributed by atoms with Crippen LogP contribution in [0.3, 0.4) is 0 Å². The van der Waals surface area contributed by atoms with Gasteiger partial charge in [0.2, 0.25) is 5.91 Å². The van der Waals surface area contributed by atoms with Crippen LogP contribution in [0.2, 0.25) is 0 Å². The minimum absolute atomic E-state index is 0. The quantitative estimate of drug-likeness (QED) is 0.800. The van der Waals surface area contributed by atoms with Gasteiger partial charge in [0, 0.05) is 20.1 Å².